The molecule has 0 atom stereocenters. The van der Waals surface area contributed by atoms with Gasteiger partial charge in [-0.1, -0.05) is 103 Å². The number of nitrogens with zero attached hydrogens (tertiary/aromatic N) is 2. The van der Waals surface area contributed by atoms with E-state index in [1.165, 1.54) is 20.2 Å². The molecule has 8 aromatic carbocycles. The Kier molecular flexibility index (Phi) is 6.68. The van der Waals surface area contributed by atoms with E-state index >= 15 is 0 Å². The molecule has 2 heterocycles. The summed E-state index contributed by atoms with van der Waals surface area (Å²) in [5.74, 6) is 0. The minimum atomic E-state index is 0.856. The number of benzene rings is 8. The zero-order valence-corrected chi connectivity index (χ0v) is 27.8. The lowest BCUT2D eigenvalue weighted by Gasteiger charge is -2.27. The van der Waals surface area contributed by atoms with Crippen LogP contribution >= 0.6 is 11.3 Å². The molecule has 2 aromatic heterocycles. The van der Waals surface area contributed by atoms with Gasteiger partial charge in [0.25, 0.3) is 0 Å². The lowest BCUT2D eigenvalue weighted by atomic mass is 10.0. The quantitative estimate of drug-likeness (QED) is 0.177. The third-order valence-corrected chi connectivity index (χ3v) is 10.7. The number of hydrogen-bond acceptors (Lipinski definition) is 4. The van der Waals surface area contributed by atoms with Gasteiger partial charge in [0.05, 0.1) is 11.4 Å². The van der Waals surface area contributed by atoms with Crippen molar-refractivity contribution in [3.8, 4) is 0 Å². The first kappa shape index (κ1) is 28.6. The summed E-state index contributed by atoms with van der Waals surface area (Å²) in [5, 5.41) is 6.93. The molecule has 3 nitrogen and oxygen atoms in total. The van der Waals surface area contributed by atoms with E-state index in [-0.39, 0.29) is 0 Å². The second-order valence-electron chi connectivity index (χ2n) is 12.5. The van der Waals surface area contributed by atoms with Crippen LogP contribution < -0.4 is 9.80 Å². The SMILES string of the molecule is c1ccc(N(c2ccccc2)c2cc3c4ccc(N(c5ccccc5)c5cccc6sc7ccccc7c56)cc4oc3c3ccccc23)cc1. The van der Waals surface area contributed by atoms with Gasteiger partial charge in [-0.3, -0.25) is 0 Å². The van der Waals surface area contributed by atoms with E-state index in [4.69, 9.17) is 4.42 Å². The second kappa shape index (κ2) is 11.7. The van der Waals surface area contributed by atoms with Crippen molar-refractivity contribution in [1.29, 1.82) is 0 Å². The third-order valence-electron chi connectivity index (χ3n) is 9.60. The van der Waals surface area contributed by atoms with Crippen LogP contribution in [0.4, 0.5) is 34.1 Å². The van der Waals surface area contributed by atoms with Crippen LogP contribution in [0.3, 0.4) is 0 Å². The van der Waals surface area contributed by atoms with Crippen LogP contribution in [0.15, 0.2) is 186 Å². The fourth-order valence-corrected chi connectivity index (χ4v) is 8.55. The molecule has 0 bridgehead atoms. The predicted octanol–water partition coefficient (Wildman–Crippen LogP) is 14.0. The van der Waals surface area contributed by atoms with Gasteiger partial charge < -0.3 is 14.2 Å². The molecule has 10 rings (SSSR count). The van der Waals surface area contributed by atoms with Gasteiger partial charge in [0.15, 0.2) is 0 Å². The second-order valence-corrected chi connectivity index (χ2v) is 13.6. The number of para-hydroxylation sites is 3. The van der Waals surface area contributed by atoms with Gasteiger partial charge in [-0.25, -0.2) is 0 Å². The van der Waals surface area contributed by atoms with Crippen LogP contribution in [-0.2, 0) is 0 Å². The van der Waals surface area contributed by atoms with Crippen LogP contribution in [0.2, 0.25) is 0 Å². The van der Waals surface area contributed by atoms with Gasteiger partial charge in [-0.2, -0.15) is 0 Å². The summed E-state index contributed by atoms with van der Waals surface area (Å²) in [6.07, 6.45) is 0. The molecule has 10 aromatic rings. The zero-order chi connectivity index (χ0) is 33.0. The first-order valence-corrected chi connectivity index (χ1v) is 17.7. The van der Waals surface area contributed by atoms with Crippen LogP contribution in [0.5, 0.6) is 0 Å². The number of hydrogen-bond donors (Lipinski definition) is 0. The molecule has 50 heavy (non-hydrogen) atoms. The lowest BCUT2D eigenvalue weighted by Crippen LogP contribution is -2.10. The Bertz CT molecular complexity index is 2780. The van der Waals surface area contributed by atoms with Gasteiger partial charge in [0.2, 0.25) is 0 Å². The van der Waals surface area contributed by atoms with Crippen molar-refractivity contribution in [2.75, 3.05) is 9.80 Å². The van der Waals surface area contributed by atoms with Crippen LogP contribution in [0.1, 0.15) is 0 Å². The van der Waals surface area contributed by atoms with Crippen molar-refractivity contribution in [1.82, 2.24) is 0 Å². The minimum absolute atomic E-state index is 0.856. The Morgan fingerprint density at radius 2 is 0.920 bits per heavy atom. The molecule has 0 aliphatic carbocycles. The molecule has 0 aliphatic rings. The monoisotopic (exact) mass is 658 g/mol. The van der Waals surface area contributed by atoms with Gasteiger partial charge in [-0.15, -0.1) is 11.3 Å². The summed E-state index contributed by atoms with van der Waals surface area (Å²) in [7, 11) is 0. The highest BCUT2D eigenvalue weighted by molar-refractivity contribution is 7.26. The van der Waals surface area contributed by atoms with Gasteiger partial charge in [0, 0.05) is 70.5 Å². The van der Waals surface area contributed by atoms with Gasteiger partial charge >= 0.3 is 0 Å². The normalized spacial score (nSPS) is 11.6. The number of furan rings is 1. The molecule has 0 aliphatic heterocycles. The largest absolute Gasteiger partial charge is 0.455 e. The molecule has 236 valence electrons. The average Bonchev–Trinajstić information content (AvgIpc) is 3.75. The zero-order valence-electron chi connectivity index (χ0n) is 27.0. The third kappa shape index (κ3) is 4.57. The smallest absolute Gasteiger partial charge is 0.143 e. The van der Waals surface area contributed by atoms with Crippen LogP contribution in [0.25, 0.3) is 52.9 Å². The molecule has 0 radical (unpaired) electrons. The van der Waals surface area contributed by atoms with E-state index in [0.29, 0.717) is 0 Å². The summed E-state index contributed by atoms with van der Waals surface area (Å²) in [6, 6.07) is 64.7. The van der Waals surface area contributed by atoms with E-state index in [9.17, 15) is 0 Å². The maximum absolute atomic E-state index is 6.87. The molecule has 0 N–H and O–H groups in total. The van der Waals surface area contributed by atoms with Crippen molar-refractivity contribution < 1.29 is 4.42 Å². The Morgan fingerprint density at radius 3 is 1.60 bits per heavy atom. The fourth-order valence-electron chi connectivity index (χ4n) is 7.42. The molecule has 0 amide bonds. The molecule has 0 unspecified atom stereocenters. The first-order valence-electron chi connectivity index (χ1n) is 16.9. The fraction of sp³-hybridized carbons (Fsp3) is 0. The summed E-state index contributed by atoms with van der Waals surface area (Å²) in [4.78, 5) is 4.71. The van der Waals surface area contributed by atoms with Crippen molar-refractivity contribution >= 4 is 98.3 Å². The summed E-state index contributed by atoms with van der Waals surface area (Å²) >= 11 is 1.84. The highest BCUT2D eigenvalue weighted by Crippen LogP contribution is 2.48. The van der Waals surface area contributed by atoms with Crippen molar-refractivity contribution in [2.24, 2.45) is 0 Å². The molecule has 0 saturated heterocycles. The highest BCUT2D eigenvalue weighted by atomic mass is 32.1. The van der Waals surface area contributed by atoms with E-state index in [2.05, 4.69) is 192 Å². The number of thiophene rings is 1. The van der Waals surface area contributed by atoms with Gasteiger partial charge in [0.1, 0.15) is 11.2 Å². The Labute approximate surface area is 293 Å². The summed E-state index contributed by atoms with van der Waals surface area (Å²) in [5.41, 5.74) is 8.36. The molecule has 4 heteroatoms. The topological polar surface area (TPSA) is 19.6 Å². The molecule has 0 spiro atoms. The van der Waals surface area contributed by atoms with E-state index in [1.807, 2.05) is 11.3 Å². The molecule has 0 saturated carbocycles. The first-order chi connectivity index (χ1) is 24.8. The van der Waals surface area contributed by atoms with Crippen LogP contribution in [0, 0.1) is 0 Å². The number of anilines is 6. The summed E-state index contributed by atoms with van der Waals surface area (Å²) < 4.78 is 9.44. The Morgan fingerprint density at radius 1 is 0.360 bits per heavy atom. The van der Waals surface area contributed by atoms with Crippen molar-refractivity contribution in [3.05, 3.63) is 182 Å². The summed E-state index contributed by atoms with van der Waals surface area (Å²) in [6.45, 7) is 0. The van der Waals surface area contributed by atoms with E-state index in [0.717, 1.165) is 66.8 Å². The standard InChI is InChI=1S/C46H30N2OS/c1-4-15-31(16-5-1)47(32-17-6-2-7-18-32)41-30-39-36-28-27-34(29-42(36)49-46(39)37-22-11-10-21-35(37)41)48(33-19-8-3-9-20-33)40-24-14-26-44-45(40)38-23-12-13-25-43(38)50-44/h1-30H. The van der Waals surface area contributed by atoms with E-state index < -0.39 is 0 Å². The molecular weight excluding hydrogens is 629 g/mol. The molecular formula is C46H30N2OS. The van der Waals surface area contributed by atoms with Crippen LogP contribution in [-0.4, -0.2) is 0 Å². The van der Waals surface area contributed by atoms with E-state index in [1.54, 1.807) is 0 Å². The van der Waals surface area contributed by atoms with Crippen molar-refractivity contribution in [3.63, 3.8) is 0 Å². The predicted molar refractivity (Wildman–Crippen MR) is 213 cm³/mol. The Balaban J connectivity index is 1.21. The number of fused-ring (bicyclic) bond motifs is 8. The lowest BCUT2D eigenvalue weighted by molar-refractivity contribution is 0.672. The maximum Gasteiger partial charge on any atom is 0.143 e. The van der Waals surface area contributed by atoms with Gasteiger partial charge in [-0.05, 0) is 72.8 Å². The average molecular weight is 659 g/mol. The maximum atomic E-state index is 6.87. The highest BCUT2D eigenvalue weighted by Gasteiger charge is 2.22. The Hall–Kier alpha value is -6.36. The molecule has 0 fully saturated rings. The number of rotatable bonds is 6. The van der Waals surface area contributed by atoms with Crippen molar-refractivity contribution in [2.45, 2.75) is 0 Å². The minimum Gasteiger partial charge on any atom is -0.455 e.